The van der Waals surface area contributed by atoms with Gasteiger partial charge in [0.05, 0.1) is 5.69 Å². The number of nitrogens with one attached hydrogen (secondary N) is 1. The van der Waals surface area contributed by atoms with E-state index in [0.29, 0.717) is 0 Å². The van der Waals surface area contributed by atoms with Crippen molar-refractivity contribution in [1.82, 2.24) is 5.32 Å². The smallest absolute Gasteiger partial charge is 0.130 e. The summed E-state index contributed by atoms with van der Waals surface area (Å²) in [6.45, 7) is 3.41. The van der Waals surface area contributed by atoms with Gasteiger partial charge in [-0.3, -0.25) is 0 Å². The Bertz CT molecular complexity index is 399. The van der Waals surface area contributed by atoms with Crippen LogP contribution in [-0.2, 0) is 0 Å². The van der Waals surface area contributed by atoms with E-state index in [4.69, 9.17) is 5.73 Å². The number of hydrogen-bond acceptors (Lipinski definition) is 4. The van der Waals surface area contributed by atoms with Crippen molar-refractivity contribution in [1.29, 1.82) is 0 Å². The van der Waals surface area contributed by atoms with Crippen LogP contribution >= 0.6 is 45.7 Å². The molecular weight excluding hydrogens is 390 g/mol. The van der Waals surface area contributed by atoms with Gasteiger partial charge in [-0.05, 0) is 44.0 Å². The number of nitrogens with zero attached hydrogens (tertiary/aromatic N) is 1. The fourth-order valence-electron chi connectivity index (χ4n) is 2.67. The van der Waals surface area contributed by atoms with Crippen molar-refractivity contribution in [3.05, 3.63) is 24.3 Å². The average molecular weight is 411 g/mol. The number of halogens is 2. The van der Waals surface area contributed by atoms with Gasteiger partial charge in [0.2, 0.25) is 0 Å². The summed E-state index contributed by atoms with van der Waals surface area (Å²) in [4.78, 5) is 3.70. The molecule has 3 N–H and O–H groups in total. The predicted molar refractivity (Wildman–Crippen MR) is 93.9 cm³/mol. The SMILES string of the molecule is Br.Br.NC1Sc2ccccc2N1CC1CCNCC1. The summed E-state index contributed by atoms with van der Waals surface area (Å²) in [5.41, 5.74) is 7.64. The topological polar surface area (TPSA) is 41.3 Å². The molecule has 2 aliphatic heterocycles. The van der Waals surface area contributed by atoms with E-state index in [0.717, 1.165) is 25.6 Å². The summed E-state index contributed by atoms with van der Waals surface area (Å²) in [7, 11) is 0. The highest BCUT2D eigenvalue weighted by molar-refractivity contribution is 8.93. The molecule has 0 amide bonds. The summed E-state index contributed by atoms with van der Waals surface area (Å²) in [6, 6.07) is 8.55. The molecule has 1 aromatic rings. The van der Waals surface area contributed by atoms with Crippen LogP contribution in [0.2, 0.25) is 0 Å². The van der Waals surface area contributed by atoms with Crippen molar-refractivity contribution >= 4 is 51.4 Å². The minimum atomic E-state index is 0. The van der Waals surface area contributed by atoms with Crippen LogP contribution in [0.3, 0.4) is 0 Å². The lowest BCUT2D eigenvalue weighted by Crippen LogP contribution is -2.42. The standard InChI is InChI=1S/C13H19N3S.2BrH/c14-13-16(9-10-5-7-15-8-6-10)11-3-1-2-4-12(11)17-13;;/h1-4,10,13,15H,5-9,14H2;2*1H. The number of rotatable bonds is 2. The first-order valence-corrected chi connectivity index (χ1v) is 7.21. The molecule has 1 saturated heterocycles. The molecule has 0 saturated carbocycles. The molecule has 2 heterocycles. The van der Waals surface area contributed by atoms with Crippen molar-refractivity contribution < 1.29 is 0 Å². The lowest BCUT2D eigenvalue weighted by Gasteiger charge is -2.31. The second-order valence-electron chi connectivity index (χ2n) is 4.82. The lowest BCUT2D eigenvalue weighted by molar-refractivity contribution is 0.372. The third-order valence-electron chi connectivity index (χ3n) is 3.64. The van der Waals surface area contributed by atoms with Gasteiger partial charge in [0.15, 0.2) is 0 Å². The van der Waals surface area contributed by atoms with E-state index in [1.165, 1.54) is 23.4 Å². The molecule has 19 heavy (non-hydrogen) atoms. The second kappa shape index (κ2) is 7.88. The monoisotopic (exact) mass is 409 g/mol. The van der Waals surface area contributed by atoms with Crippen molar-refractivity contribution in [2.45, 2.75) is 23.2 Å². The summed E-state index contributed by atoms with van der Waals surface area (Å²) >= 11 is 1.78. The highest BCUT2D eigenvalue weighted by Gasteiger charge is 2.29. The summed E-state index contributed by atoms with van der Waals surface area (Å²) in [5, 5.41) is 3.42. The molecule has 3 nitrogen and oxygen atoms in total. The zero-order chi connectivity index (χ0) is 11.7. The highest BCUT2D eigenvalue weighted by atomic mass is 79.9. The Labute approximate surface area is 140 Å². The van der Waals surface area contributed by atoms with Crippen molar-refractivity contribution in [3.63, 3.8) is 0 Å². The third kappa shape index (κ3) is 3.88. The summed E-state index contributed by atoms with van der Waals surface area (Å²) < 4.78 is 0. The van der Waals surface area contributed by atoms with Crippen LogP contribution in [0, 0.1) is 5.92 Å². The number of para-hydroxylation sites is 1. The fourth-order valence-corrected chi connectivity index (χ4v) is 3.72. The van der Waals surface area contributed by atoms with Gasteiger partial charge in [-0.1, -0.05) is 23.9 Å². The Morgan fingerprint density at radius 1 is 1.21 bits per heavy atom. The highest BCUT2D eigenvalue weighted by Crippen LogP contribution is 2.41. The van der Waals surface area contributed by atoms with Crippen molar-refractivity contribution in [3.8, 4) is 0 Å². The summed E-state index contributed by atoms with van der Waals surface area (Å²) in [6.07, 6.45) is 2.55. The molecule has 0 spiro atoms. The maximum atomic E-state index is 6.22. The quantitative estimate of drug-likeness (QED) is 0.786. The second-order valence-corrected chi connectivity index (χ2v) is 5.98. The van der Waals surface area contributed by atoms with E-state index in [-0.39, 0.29) is 39.5 Å². The van der Waals surface area contributed by atoms with Crippen LogP contribution < -0.4 is 16.0 Å². The zero-order valence-electron chi connectivity index (χ0n) is 10.7. The molecule has 6 heteroatoms. The van der Waals surface area contributed by atoms with Gasteiger partial charge in [0.25, 0.3) is 0 Å². The number of benzene rings is 1. The van der Waals surface area contributed by atoms with E-state index in [1.54, 1.807) is 11.8 Å². The molecule has 0 radical (unpaired) electrons. The Hall–Kier alpha value is 0.250. The molecule has 0 aromatic heterocycles. The van der Waals surface area contributed by atoms with Crippen LogP contribution in [0.1, 0.15) is 12.8 Å². The van der Waals surface area contributed by atoms with Gasteiger partial charge in [-0.2, -0.15) is 0 Å². The average Bonchev–Trinajstić information content (AvgIpc) is 2.68. The zero-order valence-corrected chi connectivity index (χ0v) is 15.0. The predicted octanol–water partition coefficient (Wildman–Crippen LogP) is 3.00. The van der Waals surface area contributed by atoms with Crippen LogP contribution in [-0.4, -0.2) is 25.1 Å². The van der Waals surface area contributed by atoms with Crippen LogP contribution in [0.15, 0.2) is 29.2 Å². The maximum Gasteiger partial charge on any atom is 0.130 e. The number of anilines is 1. The van der Waals surface area contributed by atoms with E-state index < -0.39 is 0 Å². The van der Waals surface area contributed by atoms with Gasteiger partial charge in [-0.15, -0.1) is 34.0 Å². The molecule has 1 aromatic carbocycles. The number of hydrogen-bond donors (Lipinski definition) is 2. The Kier molecular flexibility index (Phi) is 7.18. The third-order valence-corrected chi connectivity index (χ3v) is 4.74. The first-order valence-electron chi connectivity index (χ1n) is 6.33. The van der Waals surface area contributed by atoms with Crippen molar-refractivity contribution in [2.24, 2.45) is 11.7 Å². The molecule has 2 aliphatic rings. The molecule has 0 aliphatic carbocycles. The van der Waals surface area contributed by atoms with Crippen LogP contribution in [0.4, 0.5) is 5.69 Å². The molecule has 0 bridgehead atoms. The van der Waals surface area contributed by atoms with Gasteiger partial charge >= 0.3 is 0 Å². The fraction of sp³-hybridized carbons (Fsp3) is 0.538. The number of nitrogens with two attached hydrogens (primary N) is 1. The minimum Gasteiger partial charge on any atom is -0.346 e. The van der Waals surface area contributed by atoms with E-state index in [2.05, 4.69) is 34.5 Å². The van der Waals surface area contributed by atoms with Gasteiger partial charge < -0.3 is 16.0 Å². The van der Waals surface area contributed by atoms with E-state index in [1.807, 2.05) is 0 Å². The van der Waals surface area contributed by atoms with Crippen LogP contribution in [0.5, 0.6) is 0 Å². The molecular formula is C13H21Br2N3S. The number of piperidine rings is 1. The normalized spacial score (nSPS) is 22.4. The van der Waals surface area contributed by atoms with Gasteiger partial charge in [0.1, 0.15) is 5.50 Å². The van der Waals surface area contributed by atoms with Crippen LogP contribution in [0.25, 0.3) is 0 Å². The number of thioether (sulfide) groups is 1. The number of fused-ring (bicyclic) bond motifs is 1. The van der Waals surface area contributed by atoms with E-state index >= 15 is 0 Å². The van der Waals surface area contributed by atoms with Crippen molar-refractivity contribution in [2.75, 3.05) is 24.5 Å². The van der Waals surface area contributed by atoms with E-state index in [9.17, 15) is 0 Å². The Morgan fingerprint density at radius 3 is 2.63 bits per heavy atom. The first-order chi connectivity index (χ1) is 8.34. The summed E-state index contributed by atoms with van der Waals surface area (Å²) in [5.74, 6) is 0.786. The Morgan fingerprint density at radius 2 is 1.89 bits per heavy atom. The largest absolute Gasteiger partial charge is 0.346 e. The molecule has 108 valence electrons. The molecule has 1 atom stereocenters. The first kappa shape index (κ1) is 17.3. The molecule has 1 fully saturated rings. The Balaban J connectivity index is 0.000000902. The lowest BCUT2D eigenvalue weighted by atomic mass is 9.97. The minimum absolute atomic E-state index is 0. The molecule has 3 rings (SSSR count). The molecule has 1 unspecified atom stereocenters. The van der Waals surface area contributed by atoms with Gasteiger partial charge in [-0.25, -0.2) is 0 Å². The maximum absolute atomic E-state index is 6.22. The van der Waals surface area contributed by atoms with Gasteiger partial charge in [0, 0.05) is 11.4 Å².